The second-order valence-corrected chi connectivity index (χ2v) is 5.28. The molecule has 1 saturated heterocycles. The van der Waals surface area contributed by atoms with Crippen LogP contribution >= 0.6 is 0 Å². The maximum atomic E-state index is 11.4. The quantitative estimate of drug-likeness (QED) is 0.851. The maximum absolute atomic E-state index is 11.4. The van der Waals surface area contributed by atoms with E-state index < -0.39 is 0 Å². The van der Waals surface area contributed by atoms with E-state index in [4.69, 9.17) is 5.73 Å². The Hall–Kier alpha value is -1.62. The van der Waals surface area contributed by atoms with Gasteiger partial charge in [0.15, 0.2) is 0 Å². The number of piperidine rings is 1. The van der Waals surface area contributed by atoms with Crippen molar-refractivity contribution in [3.05, 3.63) is 34.2 Å². The van der Waals surface area contributed by atoms with E-state index >= 15 is 0 Å². The molecule has 0 saturated carbocycles. The number of pyridine rings is 1. The van der Waals surface area contributed by atoms with E-state index in [0.717, 1.165) is 31.5 Å². The summed E-state index contributed by atoms with van der Waals surface area (Å²) in [5.41, 5.74) is 7.26. The summed E-state index contributed by atoms with van der Waals surface area (Å²) >= 11 is 0. The highest BCUT2D eigenvalue weighted by atomic mass is 16.2. The molecule has 0 aliphatic carbocycles. The summed E-state index contributed by atoms with van der Waals surface area (Å²) < 4.78 is 1.56. The molecule has 2 rings (SSSR count). The number of carbonyl (C=O) groups is 1. The highest BCUT2D eigenvalue weighted by Crippen LogP contribution is 2.28. The van der Waals surface area contributed by atoms with Gasteiger partial charge in [-0.25, -0.2) is 0 Å². The fraction of sp³-hybridized carbons (Fsp3) is 0.571. The van der Waals surface area contributed by atoms with Crippen molar-refractivity contribution in [2.24, 2.45) is 18.7 Å². The van der Waals surface area contributed by atoms with Gasteiger partial charge in [-0.05, 0) is 24.3 Å². The molecule has 1 aromatic heterocycles. The van der Waals surface area contributed by atoms with E-state index in [1.165, 1.54) is 0 Å². The highest BCUT2D eigenvalue weighted by Gasteiger charge is 2.26. The van der Waals surface area contributed by atoms with Crippen LogP contribution < -0.4 is 11.3 Å². The second-order valence-electron chi connectivity index (χ2n) is 5.28. The molecule has 2 N–H and O–H groups in total. The summed E-state index contributed by atoms with van der Waals surface area (Å²) in [6.07, 6.45) is 3.65. The number of aryl methyl sites for hydroxylation is 1. The summed E-state index contributed by atoms with van der Waals surface area (Å²) in [5, 5.41) is 0. The standard InChI is InChI=1S/C14H21N3O2/c1-10(18)17-7-5-11(6-8-17)14(15)12-3-4-13(19)16(2)9-12/h3-4,9,11,14H,5-8,15H2,1-2H3. The van der Waals surface area contributed by atoms with Crippen LogP contribution in [-0.4, -0.2) is 28.5 Å². The van der Waals surface area contributed by atoms with Gasteiger partial charge in [0.25, 0.3) is 0 Å². The Morgan fingerprint density at radius 2 is 2.00 bits per heavy atom. The fourth-order valence-corrected chi connectivity index (χ4v) is 2.66. The van der Waals surface area contributed by atoms with Crippen molar-refractivity contribution in [1.29, 1.82) is 0 Å². The molecule has 19 heavy (non-hydrogen) atoms. The summed E-state index contributed by atoms with van der Waals surface area (Å²) in [6.45, 7) is 3.16. The Morgan fingerprint density at radius 3 is 2.53 bits per heavy atom. The van der Waals surface area contributed by atoms with Gasteiger partial charge in [0.05, 0.1) is 0 Å². The van der Waals surface area contributed by atoms with Crippen molar-refractivity contribution in [2.75, 3.05) is 13.1 Å². The predicted octanol–water partition coefficient (Wildman–Crippen LogP) is 0.644. The average molecular weight is 263 g/mol. The molecule has 1 aliphatic rings. The van der Waals surface area contributed by atoms with Crippen molar-refractivity contribution >= 4 is 5.91 Å². The van der Waals surface area contributed by atoms with Crippen LogP contribution in [0, 0.1) is 5.92 Å². The Morgan fingerprint density at radius 1 is 1.37 bits per heavy atom. The smallest absolute Gasteiger partial charge is 0.250 e. The topological polar surface area (TPSA) is 68.3 Å². The van der Waals surface area contributed by atoms with Gasteiger partial charge >= 0.3 is 0 Å². The third kappa shape index (κ3) is 3.04. The van der Waals surface area contributed by atoms with Gasteiger partial charge in [0.2, 0.25) is 11.5 Å². The molecule has 0 bridgehead atoms. The molecule has 1 atom stereocenters. The highest BCUT2D eigenvalue weighted by molar-refractivity contribution is 5.73. The number of amides is 1. The van der Waals surface area contributed by atoms with Crippen molar-refractivity contribution in [3.63, 3.8) is 0 Å². The summed E-state index contributed by atoms with van der Waals surface area (Å²) in [4.78, 5) is 24.5. The van der Waals surface area contributed by atoms with Gasteiger partial charge in [-0.2, -0.15) is 0 Å². The average Bonchev–Trinajstić information content (AvgIpc) is 2.41. The number of aromatic nitrogens is 1. The van der Waals surface area contributed by atoms with Gasteiger partial charge in [-0.1, -0.05) is 6.07 Å². The molecular formula is C14H21N3O2. The lowest BCUT2D eigenvalue weighted by atomic mass is 9.86. The first-order valence-corrected chi connectivity index (χ1v) is 6.66. The number of carbonyl (C=O) groups excluding carboxylic acids is 1. The molecular weight excluding hydrogens is 242 g/mol. The zero-order chi connectivity index (χ0) is 14.0. The van der Waals surface area contributed by atoms with Crippen LogP contribution in [0.1, 0.15) is 31.4 Å². The lowest BCUT2D eigenvalue weighted by Gasteiger charge is -2.34. The van der Waals surface area contributed by atoms with Crippen LogP contribution in [0.15, 0.2) is 23.1 Å². The molecule has 0 radical (unpaired) electrons. The van der Waals surface area contributed by atoms with Gasteiger partial charge in [-0.15, -0.1) is 0 Å². The number of hydrogen-bond donors (Lipinski definition) is 1. The van der Waals surface area contributed by atoms with Gasteiger partial charge < -0.3 is 15.2 Å². The molecule has 0 aromatic carbocycles. The van der Waals surface area contributed by atoms with Crippen molar-refractivity contribution in [1.82, 2.24) is 9.47 Å². The zero-order valence-corrected chi connectivity index (χ0v) is 11.5. The second kappa shape index (κ2) is 5.57. The van der Waals surface area contributed by atoms with E-state index in [1.54, 1.807) is 24.6 Å². The summed E-state index contributed by atoms with van der Waals surface area (Å²) in [5.74, 6) is 0.502. The van der Waals surface area contributed by atoms with Gasteiger partial charge in [0.1, 0.15) is 0 Å². The SMILES string of the molecule is CC(=O)N1CCC(C(N)c2ccc(=O)n(C)c2)CC1. The third-order valence-corrected chi connectivity index (χ3v) is 3.99. The van der Waals surface area contributed by atoms with E-state index in [9.17, 15) is 9.59 Å². The lowest BCUT2D eigenvalue weighted by Crippen LogP contribution is -2.40. The van der Waals surface area contributed by atoms with Crippen LogP contribution in [0.2, 0.25) is 0 Å². The predicted molar refractivity (Wildman–Crippen MR) is 73.6 cm³/mol. The number of rotatable bonds is 2. The summed E-state index contributed by atoms with van der Waals surface area (Å²) in [7, 11) is 1.73. The van der Waals surface area contributed by atoms with Crippen LogP contribution in [0.3, 0.4) is 0 Å². The molecule has 1 aromatic rings. The first-order chi connectivity index (χ1) is 8.99. The molecule has 5 nitrogen and oxygen atoms in total. The van der Waals surface area contributed by atoms with E-state index in [2.05, 4.69) is 0 Å². The van der Waals surface area contributed by atoms with Crippen LogP contribution in [0.25, 0.3) is 0 Å². The van der Waals surface area contributed by atoms with Gasteiger partial charge in [-0.3, -0.25) is 9.59 Å². The minimum Gasteiger partial charge on any atom is -0.343 e. The Bertz CT molecular complexity index is 516. The molecule has 1 fully saturated rings. The van der Waals surface area contributed by atoms with Crippen LogP contribution in [0.5, 0.6) is 0 Å². The Balaban J connectivity index is 2.04. The minimum atomic E-state index is -0.0686. The molecule has 2 heterocycles. The number of hydrogen-bond acceptors (Lipinski definition) is 3. The van der Waals surface area contributed by atoms with Crippen molar-refractivity contribution in [3.8, 4) is 0 Å². The summed E-state index contributed by atoms with van der Waals surface area (Å²) in [6, 6.07) is 3.30. The maximum Gasteiger partial charge on any atom is 0.250 e. The Labute approximate surface area is 113 Å². The number of nitrogens with two attached hydrogens (primary N) is 1. The Kier molecular flexibility index (Phi) is 4.04. The zero-order valence-electron chi connectivity index (χ0n) is 11.5. The number of nitrogens with zero attached hydrogens (tertiary/aromatic N) is 2. The van der Waals surface area contributed by atoms with Crippen LogP contribution in [0.4, 0.5) is 0 Å². The first kappa shape index (κ1) is 13.8. The molecule has 5 heteroatoms. The monoisotopic (exact) mass is 263 g/mol. The fourth-order valence-electron chi connectivity index (χ4n) is 2.66. The van der Waals surface area contributed by atoms with E-state index in [1.807, 2.05) is 17.2 Å². The lowest BCUT2D eigenvalue weighted by molar-refractivity contribution is -0.130. The van der Waals surface area contributed by atoms with Gasteiger partial charge in [0, 0.05) is 45.4 Å². The molecule has 1 aliphatic heterocycles. The molecule has 104 valence electrons. The normalized spacial score (nSPS) is 18.4. The molecule has 0 spiro atoms. The van der Waals surface area contributed by atoms with Crippen LogP contribution in [-0.2, 0) is 11.8 Å². The molecule has 1 amide bonds. The first-order valence-electron chi connectivity index (χ1n) is 6.66. The van der Waals surface area contributed by atoms with E-state index in [-0.39, 0.29) is 17.5 Å². The van der Waals surface area contributed by atoms with E-state index in [0.29, 0.717) is 5.92 Å². The molecule has 1 unspecified atom stereocenters. The largest absolute Gasteiger partial charge is 0.343 e. The number of likely N-dealkylation sites (tertiary alicyclic amines) is 1. The van der Waals surface area contributed by atoms with Crippen molar-refractivity contribution in [2.45, 2.75) is 25.8 Å². The minimum absolute atomic E-state index is 0.0256. The third-order valence-electron chi connectivity index (χ3n) is 3.99. The van der Waals surface area contributed by atoms with Crippen molar-refractivity contribution < 1.29 is 4.79 Å².